The van der Waals surface area contributed by atoms with Crippen molar-refractivity contribution in [3.05, 3.63) is 91.0 Å². The number of allylic oxidation sites excluding steroid dienone is 1. The van der Waals surface area contributed by atoms with Gasteiger partial charge in [-0.25, -0.2) is 4.79 Å². The largest absolute Gasteiger partial charge is 0.494 e. The van der Waals surface area contributed by atoms with Crippen molar-refractivity contribution in [2.75, 3.05) is 13.2 Å². The maximum absolute atomic E-state index is 12.6. The smallest absolute Gasteiger partial charge is 0.343 e. The standard InChI is InChI=1S/C34H42O4/c1-4-6-7-8-9-10-25-36-31-19-13-28(14-20-31)29-15-23-33(24-16-29)38-34(35)30-17-21-32(22-18-30)37-26-11-12-27(3)5-2/h4,13-24,27H,1,5-12,25-26H2,2-3H3/t27-/m0/s1. The number of hydrogen-bond donors (Lipinski definition) is 0. The van der Waals surface area contributed by atoms with E-state index in [-0.39, 0.29) is 5.97 Å². The van der Waals surface area contributed by atoms with Gasteiger partial charge in [0.05, 0.1) is 18.8 Å². The number of carbonyl (C=O) groups excluding carboxylic acids is 1. The average molecular weight is 515 g/mol. The highest BCUT2D eigenvalue weighted by Gasteiger charge is 2.10. The summed E-state index contributed by atoms with van der Waals surface area (Å²) >= 11 is 0. The Hall–Kier alpha value is -3.53. The van der Waals surface area contributed by atoms with E-state index >= 15 is 0 Å². The fourth-order valence-electron chi connectivity index (χ4n) is 4.07. The fourth-order valence-corrected chi connectivity index (χ4v) is 4.07. The molecule has 0 aliphatic carbocycles. The molecule has 3 rings (SSSR count). The van der Waals surface area contributed by atoms with Gasteiger partial charge in [-0.2, -0.15) is 0 Å². The van der Waals surface area contributed by atoms with Crippen molar-refractivity contribution < 1.29 is 19.0 Å². The van der Waals surface area contributed by atoms with E-state index in [1.54, 1.807) is 12.1 Å². The number of hydrogen-bond acceptors (Lipinski definition) is 4. The Labute approximate surface area is 228 Å². The van der Waals surface area contributed by atoms with Crippen molar-refractivity contribution in [3.8, 4) is 28.4 Å². The van der Waals surface area contributed by atoms with Gasteiger partial charge in [0.2, 0.25) is 0 Å². The lowest BCUT2D eigenvalue weighted by molar-refractivity contribution is 0.0734. The fraction of sp³-hybridized carbons (Fsp3) is 0.382. The van der Waals surface area contributed by atoms with Crippen LogP contribution < -0.4 is 14.2 Å². The van der Waals surface area contributed by atoms with Crippen LogP contribution in [0.25, 0.3) is 11.1 Å². The summed E-state index contributed by atoms with van der Waals surface area (Å²) in [6.45, 7) is 9.65. The van der Waals surface area contributed by atoms with Crippen molar-refractivity contribution in [2.45, 2.75) is 65.2 Å². The van der Waals surface area contributed by atoms with Gasteiger partial charge < -0.3 is 14.2 Å². The van der Waals surface area contributed by atoms with Crippen LogP contribution in [-0.4, -0.2) is 19.2 Å². The molecule has 0 unspecified atom stereocenters. The summed E-state index contributed by atoms with van der Waals surface area (Å²) in [5.74, 6) is 2.50. The van der Waals surface area contributed by atoms with Crippen LogP contribution in [0.2, 0.25) is 0 Å². The molecule has 0 saturated heterocycles. The summed E-state index contributed by atoms with van der Waals surface area (Å²) in [7, 11) is 0. The highest BCUT2D eigenvalue weighted by atomic mass is 16.5. The normalized spacial score (nSPS) is 11.5. The Morgan fingerprint density at radius 3 is 1.84 bits per heavy atom. The van der Waals surface area contributed by atoms with Crippen LogP contribution in [0.4, 0.5) is 0 Å². The molecule has 0 aromatic heterocycles. The molecule has 0 amide bonds. The van der Waals surface area contributed by atoms with E-state index in [9.17, 15) is 4.79 Å². The first-order valence-corrected chi connectivity index (χ1v) is 14.0. The van der Waals surface area contributed by atoms with Gasteiger partial charge in [0.25, 0.3) is 0 Å². The van der Waals surface area contributed by atoms with E-state index in [0.717, 1.165) is 60.8 Å². The molecule has 0 bridgehead atoms. The van der Waals surface area contributed by atoms with Crippen molar-refractivity contribution in [2.24, 2.45) is 5.92 Å². The highest BCUT2D eigenvalue weighted by molar-refractivity contribution is 5.91. The molecule has 0 fully saturated rings. The van der Waals surface area contributed by atoms with Crippen molar-refractivity contribution in [1.29, 1.82) is 0 Å². The van der Waals surface area contributed by atoms with Gasteiger partial charge in [0.1, 0.15) is 17.2 Å². The van der Waals surface area contributed by atoms with Crippen LogP contribution in [0.1, 0.15) is 75.6 Å². The maximum atomic E-state index is 12.6. The molecule has 0 heterocycles. The number of ether oxygens (including phenoxy) is 3. The summed E-state index contributed by atoms with van der Waals surface area (Å²) in [4.78, 5) is 12.6. The van der Waals surface area contributed by atoms with Crippen LogP contribution in [0.15, 0.2) is 85.5 Å². The Morgan fingerprint density at radius 1 is 0.737 bits per heavy atom. The minimum absolute atomic E-state index is 0.386. The number of rotatable bonds is 17. The van der Waals surface area contributed by atoms with Gasteiger partial charge in [-0.1, -0.05) is 63.5 Å². The summed E-state index contributed by atoms with van der Waals surface area (Å²) in [5.41, 5.74) is 2.63. The van der Waals surface area contributed by atoms with Gasteiger partial charge in [0.15, 0.2) is 0 Å². The second kappa shape index (κ2) is 16.3. The van der Waals surface area contributed by atoms with E-state index in [2.05, 4.69) is 32.6 Å². The lowest BCUT2D eigenvalue weighted by Gasteiger charge is -2.10. The number of esters is 1. The molecule has 0 N–H and O–H groups in total. The second-order valence-corrected chi connectivity index (χ2v) is 9.81. The molecular formula is C34H42O4. The van der Waals surface area contributed by atoms with Crippen molar-refractivity contribution in [1.82, 2.24) is 0 Å². The molecular weight excluding hydrogens is 472 g/mol. The van der Waals surface area contributed by atoms with Gasteiger partial charge in [-0.15, -0.1) is 6.58 Å². The van der Waals surface area contributed by atoms with Gasteiger partial charge in [-0.3, -0.25) is 0 Å². The SMILES string of the molecule is C=CCCCCCCOc1ccc(-c2ccc(OC(=O)c3ccc(OCCC[C@@H](C)CC)cc3)cc2)cc1. The van der Waals surface area contributed by atoms with Gasteiger partial charge in [-0.05, 0) is 97.7 Å². The monoisotopic (exact) mass is 514 g/mol. The molecule has 38 heavy (non-hydrogen) atoms. The minimum atomic E-state index is -0.386. The summed E-state index contributed by atoms with van der Waals surface area (Å²) in [6.07, 6.45) is 11.1. The van der Waals surface area contributed by atoms with Crippen LogP contribution in [-0.2, 0) is 0 Å². The Bertz CT molecular complexity index is 1080. The summed E-state index contributed by atoms with van der Waals surface area (Å²) in [6, 6.07) is 22.8. The molecule has 0 saturated carbocycles. The van der Waals surface area contributed by atoms with Gasteiger partial charge in [0, 0.05) is 0 Å². The van der Waals surface area contributed by atoms with E-state index in [1.807, 2.05) is 54.6 Å². The molecule has 0 radical (unpaired) electrons. The third-order valence-corrected chi connectivity index (χ3v) is 6.72. The maximum Gasteiger partial charge on any atom is 0.343 e. The molecule has 202 valence electrons. The zero-order valence-corrected chi connectivity index (χ0v) is 23.0. The first-order valence-electron chi connectivity index (χ1n) is 14.0. The zero-order valence-electron chi connectivity index (χ0n) is 23.0. The Morgan fingerprint density at radius 2 is 1.26 bits per heavy atom. The molecule has 1 atom stereocenters. The first-order chi connectivity index (χ1) is 18.6. The second-order valence-electron chi connectivity index (χ2n) is 9.81. The molecule has 0 aliphatic rings. The topological polar surface area (TPSA) is 44.8 Å². The minimum Gasteiger partial charge on any atom is -0.494 e. The van der Waals surface area contributed by atoms with E-state index in [4.69, 9.17) is 14.2 Å². The van der Waals surface area contributed by atoms with Crippen LogP contribution in [0.5, 0.6) is 17.2 Å². The molecule has 3 aromatic carbocycles. The highest BCUT2D eigenvalue weighted by Crippen LogP contribution is 2.25. The lowest BCUT2D eigenvalue weighted by Crippen LogP contribution is -2.08. The average Bonchev–Trinajstić information content (AvgIpc) is 2.96. The van der Waals surface area contributed by atoms with Crippen LogP contribution in [0, 0.1) is 5.92 Å². The van der Waals surface area contributed by atoms with Crippen LogP contribution >= 0.6 is 0 Å². The zero-order chi connectivity index (χ0) is 27.0. The first kappa shape index (κ1) is 29.0. The Kier molecular flexibility index (Phi) is 12.5. The quantitative estimate of drug-likeness (QED) is 0.0779. The summed E-state index contributed by atoms with van der Waals surface area (Å²) in [5, 5.41) is 0. The molecule has 3 aromatic rings. The third-order valence-electron chi connectivity index (χ3n) is 6.72. The molecule has 4 nitrogen and oxygen atoms in total. The van der Waals surface area contributed by atoms with E-state index in [1.165, 1.54) is 25.7 Å². The van der Waals surface area contributed by atoms with Gasteiger partial charge >= 0.3 is 5.97 Å². The van der Waals surface area contributed by atoms with Crippen molar-refractivity contribution in [3.63, 3.8) is 0 Å². The predicted molar refractivity (Wildman–Crippen MR) is 156 cm³/mol. The molecule has 0 aliphatic heterocycles. The molecule has 4 heteroatoms. The predicted octanol–water partition coefficient (Wildman–Crippen LogP) is 9.29. The van der Waals surface area contributed by atoms with Crippen LogP contribution in [0.3, 0.4) is 0 Å². The number of benzene rings is 3. The number of unbranched alkanes of at least 4 members (excludes halogenated alkanes) is 4. The lowest BCUT2D eigenvalue weighted by atomic mass is 10.0. The third kappa shape index (κ3) is 10.1. The van der Waals surface area contributed by atoms with E-state index in [0.29, 0.717) is 17.9 Å². The van der Waals surface area contributed by atoms with Crippen molar-refractivity contribution >= 4 is 5.97 Å². The number of carbonyl (C=O) groups is 1. The van der Waals surface area contributed by atoms with E-state index < -0.39 is 0 Å². The Balaban J connectivity index is 1.42. The summed E-state index contributed by atoms with van der Waals surface area (Å²) < 4.78 is 17.2. The molecule has 0 spiro atoms.